The highest BCUT2D eigenvalue weighted by Crippen LogP contribution is 2.44. The Bertz CT molecular complexity index is 718. The Morgan fingerprint density at radius 3 is 1.93 bits per heavy atom. The van der Waals surface area contributed by atoms with E-state index in [1.807, 2.05) is 30.3 Å². The Hall–Kier alpha value is -1.76. The van der Waals surface area contributed by atoms with Crippen molar-refractivity contribution >= 4 is 8.32 Å². The van der Waals surface area contributed by atoms with Crippen molar-refractivity contribution in [2.24, 2.45) is 0 Å². The lowest BCUT2D eigenvalue weighted by Crippen LogP contribution is -2.50. The average Bonchev–Trinajstić information content (AvgIpc) is 2.95. The van der Waals surface area contributed by atoms with Gasteiger partial charge < -0.3 is 8.84 Å². The van der Waals surface area contributed by atoms with E-state index in [4.69, 9.17) is 8.84 Å². The van der Waals surface area contributed by atoms with E-state index in [0.717, 1.165) is 5.56 Å². The van der Waals surface area contributed by atoms with Crippen molar-refractivity contribution in [2.45, 2.75) is 70.8 Å². The first-order valence-corrected chi connectivity index (χ1v) is 11.4. The second-order valence-electron chi connectivity index (χ2n) is 7.83. The van der Waals surface area contributed by atoms with Crippen molar-refractivity contribution in [3.05, 3.63) is 47.5 Å². The Kier molecular flexibility index (Phi) is 6.45. The summed E-state index contributed by atoms with van der Waals surface area (Å²) >= 11 is 0. The quantitative estimate of drug-likeness (QED) is 0.478. The number of oxazole rings is 1. The van der Waals surface area contributed by atoms with Gasteiger partial charge in [0.1, 0.15) is 5.69 Å². The zero-order valence-electron chi connectivity index (χ0n) is 16.7. The molecule has 0 N–H and O–H groups in total. The van der Waals surface area contributed by atoms with Gasteiger partial charge in [0.25, 0.3) is 14.3 Å². The third kappa shape index (κ3) is 4.57. The number of nitrogens with zero attached hydrogens (tertiary/aromatic N) is 1. The highest BCUT2D eigenvalue weighted by atomic mass is 28.4. The molecule has 0 aliphatic heterocycles. The van der Waals surface area contributed by atoms with Crippen molar-refractivity contribution in [2.75, 3.05) is 0 Å². The van der Waals surface area contributed by atoms with E-state index in [0.29, 0.717) is 0 Å². The summed E-state index contributed by atoms with van der Waals surface area (Å²) in [6, 6.07) is 9.25. The normalized spacial score (nSPS) is 13.0. The number of hydrogen-bond acceptors (Lipinski definition) is 3. The number of benzene rings is 1. The Morgan fingerprint density at radius 1 is 0.963 bits per heavy atom. The Balaban J connectivity index is 2.51. The molecule has 2 aromatic rings. The van der Waals surface area contributed by atoms with Crippen LogP contribution in [0.2, 0.25) is 16.6 Å². The van der Waals surface area contributed by atoms with Gasteiger partial charge in [0, 0.05) is 6.42 Å². The van der Waals surface area contributed by atoms with Crippen LogP contribution in [0.4, 0.5) is 13.2 Å². The summed E-state index contributed by atoms with van der Waals surface area (Å²) in [5.41, 5.74) is 1.69. The van der Waals surface area contributed by atoms with Crippen LogP contribution in [0, 0.1) is 0 Å². The maximum atomic E-state index is 13.2. The van der Waals surface area contributed by atoms with Crippen LogP contribution in [0.25, 0.3) is 0 Å². The molecule has 1 aromatic heterocycles. The molecule has 0 bridgehead atoms. The molecule has 3 nitrogen and oxygen atoms in total. The molecule has 0 radical (unpaired) electrons. The van der Waals surface area contributed by atoms with Crippen LogP contribution >= 0.6 is 0 Å². The fourth-order valence-electron chi connectivity index (χ4n) is 3.95. The molecule has 2 rings (SSSR count). The number of aromatic nitrogens is 1. The molecule has 1 aromatic carbocycles. The van der Waals surface area contributed by atoms with Crippen LogP contribution in [-0.4, -0.2) is 13.3 Å². The topological polar surface area (TPSA) is 35.3 Å². The van der Waals surface area contributed by atoms with Crippen molar-refractivity contribution < 1.29 is 22.0 Å². The summed E-state index contributed by atoms with van der Waals surface area (Å²) in [5, 5.41) is 0. The molecule has 0 aliphatic rings. The van der Waals surface area contributed by atoms with Crippen LogP contribution < -0.4 is 4.43 Å². The monoisotopic (exact) mass is 399 g/mol. The number of halogens is 3. The van der Waals surface area contributed by atoms with Gasteiger partial charge in [-0.25, -0.2) is 4.98 Å². The molecule has 0 amide bonds. The van der Waals surface area contributed by atoms with E-state index in [1.165, 1.54) is 0 Å². The molecule has 7 heteroatoms. The van der Waals surface area contributed by atoms with Crippen LogP contribution in [0.3, 0.4) is 0 Å². The van der Waals surface area contributed by atoms with Gasteiger partial charge in [-0.3, -0.25) is 0 Å². The molecule has 1 heterocycles. The first kappa shape index (κ1) is 21.5. The molecule has 150 valence electrons. The van der Waals surface area contributed by atoms with Gasteiger partial charge in [0.05, 0.1) is 0 Å². The molecular weight excluding hydrogens is 371 g/mol. The molecule has 0 atom stereocenters. The van der Waals surface area contributed by atoms with Gasteiger partial charge in [-0.2, -0.15) is 13.2 Å². The van der Waals surface area contributed by atoms with Crippen LogP contribution in [-0.2, 0) is 12.6 Å². The van der Waals surface area contributed by atoms with E-state index >= 15 is 0 Å². The predicted molar refractivity (Wildman–Crippen MR) is 102 cm³/mol. The van der Waals surface area contributed by atoms with Crippen molar-refractivity contribution in [1.82, 2.24) is 4.98 Å². The molecule has 0 fully saturated rings. The lowest BCUT2D eigenvalue weighted by Gasteiger charge is -2.41. The van der Waals surface area contributed by atoms with Gasteiger partial charge >= 0.3 is 12.1 Å². The fraction of sp³-hybridized carbons (Fsp3) is 0.550. The van der Waals surface area contributed by atoms with Gasteiger partial charge in [-0.1, -0.05) is 71.9 Å². The van der Waals surface area contributed by atoms with Crippen LogP contribution in [0.15, 0.2) is 34.7 Å². The Morgan fingerprint density at radius 2 is 1.48 bits per heavy atom. The summed E-state index contributed by atoms with van der Waals surface area (Å²) in [7, 11) is -2.46. The van der Waals surface area contributed by atoms with Gasteiger partial charge in [-0.05, 0) is 22.2 Å². The third-order valence-corrected chi connectivity index (χ3v) is 11.0. The molecule has 27 heavy (non-hydrogen) atoms. The van der Waals surface area contributed by atoms with Gasteiger partial charge in [0.15, 0.2) is 0 Å². The summed E-state index contributed by atoms with van der Waals surface area (Å²) in [6.45, 7) is 12.4. The molecule has 0 saturated heterocycles. The largest absolute Gasteiger partial charge is 0.516 e. The number of hydrogen-bond donors (Lipinski definition) is 0. The lowest BCUT2D eigenvalue weighted by atomic mass is 10.1. The SMILES string of the molecule is CC(C)[Si](Oc1oc(C(F)(F)F)nc1Cc1ccccc1)(C(C)C)C(C)C. The molecule has 0 saturated carbocycles. The summed E-state index contributed by atoms with van der Waals surface area (Å²) in [4.78, 5) is 3.74. The maximum absolute atomic E-state index is 13.2. The summed E-state index contributed by atoms with van der Waals surface area (Å²) < 4.78 is 51.2. The van der Waals surface area contributed by atoms with E-state index < -0.39 is 20.4 Å². The van der Waals surface area contributed by atoms with Crippen molar-refractivity contribution in [3.63, 3.8) is 0 Å². The van der Waals surface area contributed by atoms with Gasteiger partial charge in [0.2, 0.25) is 0 Å². The first-order chi connectivity index (χ1) is 12.5. The second kappa shape index (κ2) is 8.08. The highest BCUT2D eigenvalue weighted by Gasteiger charge is 2.49. The highest BCUT2D eigenvalue weighted by molar-refractivity contribution is 6.78. The van der Waals surface area contributed by atoms with Crippen LogP contribution in [0.1, 0.15) is 58.7 Å². The van der Waals surface area contributed by atoms with Crippen molar-refractivity contribution in [1.29, 1.82) is 0 Å². The minimum atomic E-state index is -4.65. The van der Waals surface area contributed by atoms with E-state index in [1.54, 1.807) is 0 Å². The minimum Gasteiger partial charge on any atom is -0.516 e. The fourth-order valence-corrected chi connectivity index (χ4v) is 9.14. The predicted octanol–water partition coefficient (Wildman–Crippen LogP) is 6.84. The zero-order valence-corrected chi connectivity index (χ0v) is 17.7. The first-order valence-electron chi connectivity index (χ1n) is 9.28. The third-order valence-electron chi connectivity index (χ3n) is 5.09. The standard InChI is InChI=1S/C20H28F3NO2Si/c1-13(2)27(14(3)4,15(5)6)26-18-17(12-16-10-8-7-9-11-16)24-19(25-18)20(21,22)23/h7-11,13-15H,12H2,1-6H3. The van der Waals surface area contributed by atoms with E-state index in [2.05, 4.69) is 46.5 Å². The van der Waals surface area contributed by atoms with Crippen molar-refractivity contribution in [3.8, 4) is 5.95 Å². The molecule has 0 unspecified atom stereocenters. The minimum absolute atomic E-state index is 0.0751. The molecular formula is C20H28F3NO2Si. The van der Waals surface area contributed by atoms with Gasteiger partial charge in [-0.15, -0.1) is 0 Å². The Labute approximate surface area is 160 Å². The smallest absolute Gasteiger partial charge is 0.469 e. The molecule has 0 spiro atoms. The second-order valence-corrected chi connectivity index (χ2v) is 13.2. The number of rotatable bonds is 7. The summed E-state index contributed by atoms with van der Waals surface area (Å²) in [5.74, 6) is -1.32. The molecule has 0 aliphatic carbocycles. The zero-order chi connectivity index (χ0) is 20.4. The summed E-state index contributed by atoms with van der Waals surface area (Å²) in [6.07, 6.45) is -4.42. The van der Waals surface area contributed by atoms with Crippen LogP contribution in [0.5, 0.6) is 5.95 Å². The average molecular weight is 400 g/mol. The number of alkyl halides is 3. The lowest BCUT2D eigenvalue weighted by molar-refractivity contribution is -0.157. The van der Waals surface area contributed by atoms with E-state index in [-0.39, 0.29) is 34.7 Å². The van der Waals surface area contributed by atoms with E-state index in [9.17, 15) is 13.2 Å². The maximum Gasteiger partial charge on any atom is 0.469 e.